The molecule has 0 aromatic heterocycles. The molecule has 6 heteroatoms. The fraction of sp³-hybridized carbons (Fsp3) is 0.909. The number of aliphatic hydroxyl groups excluding tert-OH is 1. The highest BCUT2D eigenvalue weighted by molar-refractivity contribution is 5.77. The van der Waals surface area contributed by atoms with Crippen LogP contribution in [0.4, 0.5) is 13.2 Å². The molecule has 98 valence electrons. The molecule has 2 aliphatic rings. The number of aliphatic hydroxyl groups is 1. The number of hydrogen-bond acceptors (Lipinski definition) is 2. The largest absolute Gasteiger partial charge is 0.393 e. The highest BCUT2D eigenvalue weighted by atomic mass is 19.4. The first-order valence-electron chi connectivity index (χ1n) is 5.93. The van der Waals surface area contributed by atoms with Crippen molar-refractivity contribution in [1.82, 2.24) is 4.90 Å². The molecule has 0 radical (unpaired) electrons. The Labute approximate surface area is 97.6 Å². The van der Waals surface area contributed by atoms with Crippen LogP contribution in [0.25, 0.3) is 0 Å². The van der Waals surface area contributed by atoms with E-state index in [0.717, 1.165) is 12.8 Å². The van der Waals surface area contributed by atoms with Crippen LogP contribution in [0.5, 0.6) is 0 Å². The molecule has 2 saturated heterocycles. The van der Waals surface area contributed by atoms with Crippen molar-refractivity contribution < 1.29 is 23.1 Å². The predicted octanol–water partition coefficient (Wildman–Crippen LogP) is 1.84. The Morgan fingerprint density at radius 2 is 1.76 bits per heavy atom. The molecule has 2 atom stereocenters. The van der Waals surface area contributed by atoms with Crippen LogP contribution in [0.2, 0.25) is 0 Å². The predicted molar refractivity (Wildman–Crippen MR) is 54.2 cm³/mol. The van der Waals surface area contributed by atoms with Gasteiger partial charge in [0.15, 0.2) is 0 Å². The van der Waals surface area contributed by atoms with Crippen molar-refractivity contribution >= 4 is 5.91 Å². The minimum atomic E-state index is -4.27. The third-order valence-electron chi connectivity index (χ3n) is 3.62. The summed E-state index contributed by atoms with van der Waals surface area (Å²) >= 11 is 0. The maximum absolute atomic E-state index is 12.0. The van der Waals surface area contributed by atoms with E-state index < -0.39 is 31.0 Å². The summed E-state index contributed by atoms with van der Waals surface area (Å²) in [5.74, 6) is -0.415. The van der Waals surface area contributed by atoms with Gasteiger partial charge < -0.3 is 10.0 Å². The highest BCUT2D eigenvalue weighted by Gasteiger charge is 2.43. The van der Waals surface area contributed by atoms with Gasteiger partial charge in [0.25, 0.3) is 0 Å². The topological polar surface area (TPSA) is 40.5 Å². The number of piperidine rings is 1. The first-order valence-corrected chi connectivity index (χ1v) is 5.93. The lowest BCUT2D eigenvalue weighted by Crippen LogP contribution is -2.48. The monoisotopic (exact) mass is 251 g/mol. The fourth-order valence-corrected chi connectivity index (χ4v) is 2.93. The molecule has 2 rings (SSSR count). The Morgan fingerprint density at radius 3 is 2.24 bits per heavy atom. The summed E-state index contributed by atoms with van der Waals surface area (Å²) in [7, 11) is 0. The van der Waals surface area contributed by atoms with Crippen LogP contribution in [0.1, 0.15) is 38.5 Å². The van der Waals surface area contributed by atoms with Crippen LogP contribution in [0.15, 0.2) is 0 Å². The molecule has 0 aromatic rings. The van der Waals surface area contributed by atoms with Gasteiger partial charge in [-0.1, -0.05) is 0 Å². The van der Waals surface area contributed by atoms with Gasteiger partial charge in [-0.3, -0.25) is 4.79 Å². The zero-order valence-electron chi connectivity index (χ0n) is 9.41. The Morgan fingerprint density at radius 1 is 1.24 bits per heavy atom. The van der Waals surface area contributed by atoms with E-state index >= 15 is 0 Å². The Bertz CT molecular complexity index is 292. The molecule has 0 saturated carbocycles. The van der Waals surface area contributed by atoms with Gasteiger partial charge >= 0.3 is 6.18 Å². The number of alkyl halides is 3. The normalized spacial score (nSPS) is 32.9. The molecule has 2 bridgehead atoms. The van der Waals surface area contributed by atoms with Gasteiger partial charge in [-0.15, -0.1) is 0 Å². The lowest BCUT2D eigenvalue weighted by atomic mass is 9.99. The Kier molecular flexibility index (Phi) is 3.34. The maximum Gasteiger partial charge on any atom is 0.389 e. The second-order valence-corrected chi connectivity index (χ2v) is 4.93. The third-order valence-corrected chi connectivity index (χ3v) is 3.62. The summed E-state index contributed by atoms with van der Waals surface area (Å²) in [4.78, 5) is 13.3. The molecule has 2 fully saturated rings. The average molecular weight is 251 g/mol. The van der Waals surface area contributed by atoms with Gasteiger partial charge in [0.2, 0.25) is 5.91 Å². The lowest BCUT2D eigenvalue weighted by Gasteiger charge is -2.37. The summed E-state index contributed by atoms with van der Waals surface area (Å²) in [5, 5.41) is 9.53. The quantitative estimate of drug-likeness (QED) is 0.813. The molecule has 2 aliphatic heterocycles. The van der Waals surface area contributed by atoms with E-state index in [4.69, 9.17) is 0 Å². The molecule has 1 N–H and O–H groups in total. The van der Waals surface area contributed by atoms with Crippen molar-refractivity contribution in [3.05, 3.63) is 0 Å². The van der Waals surface area contributed by atoms with Crippen LogP contribution >= 0.6 is 0 Å². The number of rotatable bonds is 2. The van der Waals surface area contributed by atoms with E-state index in [1.807, 2.05) is 0 Å². The van der Waals surface area contributed by atoms with Crippen LogP contribution in [-0.2, 0) is 4.79 Å². The van der Waals surface area contributed by atoms with Gasteiger partial charge in [-0.25, -0.2) is 0 Å². The van der Waals surface area contributed by atoms with E-state index in [1.165, 1.54) is 0 Å². The van der Waals surface area contributed by atoms with Crippen molar-refractivity contribution in [2.75, 3.05) is 0 Å². The van der Waals surface area contributed by atoms with Gasteiger partial charge in [0.05, 0.1) is 12.5 Å². The highest BCUT2D eigenvalue weighted by Crippen LogP contribution is 2.36. The molecule has 0 aromatic carbocycles. The smallest absolute Gasteiger partial charge is 0.389 e. The molecular weight excluding hydrogens is 235 g/mol. The third kappa shape index (κ3) is 2.91. The van der Waals surface area contributed by atoms with Crippen LogP contribution in [0.3, 0.4) is 0 Å². The number of carbonyl (C=O) groups excluding carboxylic acids is 1. The van der Waals surface area contributed by atoms with E-state index in [2.05, 4.69) is 0 Å². The number of amides is 1. The summed E-state index contributed by atoms with van der Waals surface area (Å²) in [6.45, 7) is 0. The standard InChI is InChI=1S/C11H16F3NO2/c12-11(13,14)4-3-10(17)15-7-1-2-8(15)6-9(16)5-7/h7-9,16H,1-6H2. The van der Waals surface area contributed by atoms with Gasteiger partial charge in [0, 0.05) is 18.5 Å². The summed E-state index contributed by atoms with van der Waals surface area (Å²) in [5.41, 5.74) is 0. The molecule has 17 heavy (non-hydrogen) atoms. The summed E-state index contributed by atoms with van der Waals surface area (Å²) in [6, 6.07) is -0.103. The molecular formula is C11H16F3NO2. The lowest BCUT2D eigenvalue weighted by molar-refractivity contribution is -0.152. The van der Waals surface area contributed by atoms with Gasteiger partial charge in [0.1, 0.15) is 0 Å². The molecule has 3 nitrogen and oxygen atoms in total. The van der Waals surface area contributed by atoms with Crippen LogP contribution in [-0.4, -0.2) is 40.3 Å². The zero-order valence-corrected chi connectivity index (χ0v) is 9.41. The minimum Gasteiger partial charge on any atom is -0.393 e. The molecule has 0 spiro atoms. The number of carbonyl (C=O) groups is 1. The van der Waals surface area contributed by atoms with Crippen molar-refractivity contribution in [1.29, 1.82) is 0 Å². The number of nitrogens with zero attached hydrogens (tertiary/aromatic N) is 1. The molecule has 2 unspecified atom stereocenters. The van der Waals surface area contributed by atoms with Gasteiger partial charge in [-0.2, -0.15) is 13.2 Å². The number of halogens is 3. The number of hydrogen-bond donors (Lipinski definition) is 1. The van der Waals surface area contributed by atoms with Crippen LogP contribution < -0.4 is 0 Å². The van der Waals surface area contributed by atoms with Crippen molar-refractivity contribution in [3.8, 4) is 0 Å². The first kappa shape index (κ1) is 12.7. The maximum atomic E-state index is 12.0. The minimum absolute atomic E-state index is 0.0514. The van der Waals surface area contributed by atoms with Crippen LogP contribution in [0, 0.1) is 0 Å². The second-order valence-electron chi connectivity index (χ2n) is 4.93. The Hall–Kier alpha value is -0.780. The van der Waals surface area contributed by atoms with Crippen molar-refractivity contribution in [3.63, 3.8) is 0 Å². The average Bonchev–Trinajstić information content (AvgIpc) is 2.47. The second kappa shape index (κ2) is 4.48. The van der Waals surface area contributed by atoms with Crippen molar-refractivity contribution in [2.45, 2.75) is 62.9 Å². The summed E-state index contributed by atoms with van der Waals surface area (Å²) in [6.07, 6.45) is -3.57. The zero-order chi connectivity index (χ0) is 12.6. The van der Waals surface area contributed by atoms with E-state index in [1.54, 1.807) is 4.90 Å². The fourth-order valence-electron chi connectivity index (χ4n) is 2.93. The van der Waals surface area contributed by atoms with E-state index in [-0.39, 0.29) is 12.1 Å². The SMILES string of the molecule is O=C(CCC(F)(F)F)N1C2CCC1CC(O)C2. The van der Waals surface area contributed by atoms with E-state index in [0.29, 0.717) is 12.8 Å². The molecule has 2 heterocycles. The van der Waals surface area contributed by atoms with E-state index in [9.17, 15) is 23.1 Å². The Balaban J connectivity index is 1.92. The number of fused-ring (bicyclic) bond motifs is 2. The summed E-state index contributed by atoms with van der Waals surface area (Å²) < 4.78 is 36.1. The van der Waals surface area contributed by atoms with Gasteiger partial charge in [-0.05, 0) is 25.7 Å². The molecule has 1 amide bonds. The first-order chi connectivity index (χ1) is 7.87. The molecule has 0 aliphatic carbocycles. The van der Waals surface area contributed by atoms with Crippen molar-refractivity contribution in [2.24, 2.45) is 0 Å².